The zero-order valence-electron chi connectivity index (χ0n) is 24.5. The number of piperidine rings is 1. The van der Waals surface area contributed by atoms with E-state index in [0.29, 0.717) is 29.7 Å². The summed E-state index contributed by atoms with van der Waals surface area (Å²) in [5.41, 5.74) is 2.34. The number of amides is 1. The number of aromatic nitrogens is 1. The molecule has 1 aliphatic rings. The van der Waals surface area contributed by atoms with Crippen LogP contribution in [0.4, 0.5) is 5.69 Å². The lowest BCUT2D eigenvalue weighted by Gasteiger charge is -2.26. The summed E-state index contributed by atoms with van der Waals surface area (Å²) in [6, 6.07) is 24.7. The van der Waals surface area contributed by atoms with Gasteiger partial charge in [-0.05, 0) is 72.1 Å². The highest BCUT2D eigenvalue weighted by Gasteiger charge is 2.27. The highest BCUT2D eigenvalue weighted by atomic mass is 35.5. The van der Waals surface area contributed by atoms with Crippen LogP contribution in [0, 0.1) is 0 Å². The standard InChI is InChI=1S/C34H30ClN3O6S/c1-43-25-12-11-22-17-24(10-9-23(22)18-25)31-20-28(27-7-3-4-8-30(27)36-31)34(40)44-21-33(39)37-32-19-26(13-14-29(32)35)45(41,42)38-15-5-2-6-16-38/h3-4,7-14,17-20H,2,5-6,15-16,21H2,1H3,(H,37,39). The predicted octanol–water partition coefficient (Wildman–Crippen LogP) is 6.69. The molecule has 45 heavy (non-hydrogen) atoms. The van der Waals surface area contributed by atoms with Crippen molar-refractivity contribution in [2.24, 2.45) is 0 Å². The first kappa shape index (κ1) is 30.5. The van der Waals surface area contributed by atoms with Crippen molar-refractivity contribution in [1.29, 1.82) is 0 Å². The Kier molecular flexibility index (Phi) is 8.71. The first-order valence-electron chi connectivity index (χ1n) is 14.5. The van der Waals surface area contributed by atoms with Crippen molar-refractivity contribution in [3.63, 3.8) is 0 Å². The van der Waals surface area contributed by atoms with Gasteiger partial charge in [-0.15, -0.1) is 0 Å². The molecule has 1 N–H and O–H groups in total. The molecule has 0 atom stereocenters. The Hall–Kier alpha value is -4.51. The van der Waals surface area contributed by atoms with Gasteiger partial charge in [0.15, 0.2) is 6.61 Å². The Morgan fingerprint density at radius 1 is 0.911 bits per heavy atom. The van der Waals surface area contributed by atoms with Crippen LogP contribution in [-0.4, -0.2) is 56.4 Å². The summed E-state index contributed by atoms with van der Waals surface area (Å²) in [6.07, 6.45) is 2.59. The van der Waals surface area contributed by atoms with Gasteiger partial charge < -0.3 is 14.8 Å². The number of fused-ring (bicyclic) bond motifs is 2. The Bertz CT molecular complexity index is 2040. The van der Waals surface area contributed by atoms with E-state index in [2.05, 4.69) is 5.32 Å². The van der Waals surface area contributed by atoms with Gasteiger partial charge >= 0.3 is 5.97 Å². The van der Waals surface area contributed by atoms with Crippen LogP contribution in [0.25, 0.3) is 32.9 Å². The minimum absolute atomic E-state index is 0.0321. The van der Waals surface area contributed by atoms with E-state index in [-0.39, 0.29) is 21.2 Å². The van der Waals surface area contributed by atoms with Crippen molar-refractivity contribution in [2.45, 2.75) is 24.2 Å². The number of hydrogen-bond acceptors (Lipinski definition) is 7. The molecule has 11 heteroatoms. The molecule has 0 bridgehead atoms. The largest absolute Gasteiger partial charge is 0.497 e. The average molecular weight is 644 g/mol. The van der Waals surface area contributed by atoms with Crippen molar-refractivity contribution in [3.05, 3.63) is 95.5 Å². The van der Waals surface area contributed by atoms with Crippen LogP contribution in [0.15, 0.2) is 89.8 Å². The molecule has 1 aliphatic heterocycles. The number of rotatable bonds is 8. The Labute approximate surface area is 265 Å². The molecule has 1 amide bonds. The summed E-state index contributed by atoms with van der Waals surface area (Å²) >= 11 is 6.28. The van der Waals surface area contributed by atoms with Gasteiger partial charge in [-0.2, -0.15) is 4.31 Å². The number of anilines is 1. The number of esters is 1. The van der Waals surface area contributed by atoms with Gasteiger partial charge in [0.1, 0.15) is 5.75 Å². The number of methoxy groups -OCH3 is 1. The third-order valence-corrected chi connectivity index (χ3v) is 10.0. The topological polar surface area (TPSA) is 115 Å². The monoisotopic (exact) mass is 643 g/mol. The summed E-state index contributed by atoms with van der Waals surface area (Å²) in [7, 11) is -2.12. The van der Waals surface area contributed by atoms with Gasteiger partial charge in [0.2, 0.25) is 10.0 Å². The highest BCUT2D eigenvalue weighted by Crippen LogP contribution is 2.31. The van der Waals surface area contributed by atoms with E-state index in [1.54, 1.807) is 31.4 Å². The Morgan fingerprint density at radius 3 is 2.47 bits per heavy atom. The molecule has 0 radical (unpaired) electrons. The van der Waals surface area contributed by atoms with Gasteiger partial charge in [-0.3, -0.25) is 4.79 Å². The second-order valence-electron chi connectivity index (χ2n) is 10.7. The molecule has 1 fully saturated rings. The number of halogens is 1. The van der Waals surface area contributed by atoms with Gasteiger partial charge in [-0.1, -0.05) is 54.4 Å². The molecule has 0 unspecified atom stereocenters. The number of carbonyl (C=O) groups excluding carboxylic acids is 2. The molecule has 0 aliphatic carbocycles. The minimum Gasteiger partial charge on any atom is -0.497 e. The number of sulfonamides is 1. The molecule has 4 aromatic carbocycles. The summed E-state index contributed by atoms with van der Waals surface area (Å²) in [5, 5.41) is 5.30. The maximum atomic E-state index is 13.4. The second kappa shape index (κ2) is 12.8. The third kappa shape index (κ3) is 6.49. The number of ether oxygens (including phenoxy) is 2. The van der Waals surface area contributed by atoms with Crippen LogP contribution < -0.4 is 10.1 Å². The zero-order valence-corrected chi connectivity index (χ0v) is 26.0. The average Bonchev–Trinajstić information content (AvgIpc) is 3.07. The number of benzene rings is 4. The van der Waals surface area contributed by atoms with Crippen LogP contribution in [-0.2, 0) is 19.6 Å². The maximum absolute atomic E-state index is 13.4. The van der Waals surface area contributed by atoms with Crippen LogP contribution in [0.5, 0.6) is 5.75 Å². The molecule has 230 valence electrons. The molecule has 1 saturated heterocycles. The maximum Gasteiger partial charge on any atom is 0.339 e. The molecular formula is C34H30ClN3O6S. The molecule has 2 heterocycles. The number of nitrogens with zero attached hydrogens (tertiary/aromatic N) is 2. The minimum atomic E-state index is -3.74. The molecule has 5 aromatic rings. The van der Waals surface area contributed by atoms with E-state index in [4.69, 9.17) is 26.1 Å². The normalized spacial score (nSPS) is 13.9. The number of carbonyl (C=O) groups is 2. The van der Waals surface area contributed by atoms with Crippen molar-refractivity contribution in [2.75, 3.05) is 32.1 Å². The molecule has 0 spiro atoms. The Balaban J connectivity index is 1.21. The quantitative estimate of drug-likeness (QED) is 0.187. The fourth-order valence-electron chi connectivity index (χ4n) is 5.41. The van der Waals surface area contributed by atoms with E-state index in [9.17, 15) is 18.0 Å². The predicted molar refractivity (Wildman–Crippen MR) is 174 cm³/mol. The lowest BCUT2D eigenvalue weighted by Crippen LogP contribution is -2.35. The first-order chi connectivity index (χ1) is 21.7. The van der Waals surface area contributed by atoms with E-state index < -0.39 is 28.5 Å². The van der Waals surface area contributed by atoms with Gasteiger partial charge in [0, 0.05) is 24.0 Å². The summed E-state index contributed by atoms with van der Waals surface area (Å²) in [4.78, 5) is 31.0. The van der Waals surface area contributed by atoms with Crippen LogP contribution >= 0.6 is 11.6 Å². The third-order valence-electron chi connectivity index (χ3n) is 7.78. The summed E-state index contributed by atoms with van der Waals surface area (Å²) in [6.45, 7) is 0.288. The number of para-hydroxylation sites is 1. The van der Waals surface area contributed by atoms with E-state index in [1.165, 1.54) is 22.5 Å². The number of nitrogens with one attached hydrogen (secondary N) is 1. The van der Waals surface area contributed by atoms with Gasteiger partial charge in [0.05, 0.1) is 39.5 Å². The summed E-state index contributed by atoms with van der Waals surface area (Å²) < 4.78 is 38.4. The SMILES string of the molecule is COc1ccc2cc(-c3cc(C(=O)OCC(=O)Nc4cc(S(=O)(=O)N5CCCCC5)ccc4Cl)c4ccccc4n3)ccc2c1. The molecular weight excluding hydrogens is 614 g/mol. The molecule has 9 nitrogen and oxygen atoms in total. The fraction of sp³-hybridized carbons (Fsp3) is 0.206. The van der Waals surface area contributed by atoms with Gasteiger partial charge in [-0.25, -0.2) is 18.2 Å². The van der Waals surface area contributed by atoms with Crippen LogP contribution in [0.2, 0.25) is 5.02 Å². The second-order valence-corrected chi connectivity index (χ2v) is 13.1. The molecule has 0 saturated carbocycles. The highest BCUT2D eigenvalue weighted by molar-refractivity contribution is 7.89. The van der Waals surface area contributed by atoms with E-state index in [0.717, 1.165) is 41.3 Å². The lowest BCUT2D eigenvalue weighted by atomic mass is 10.0. The van der Waals surface area contributed by atoms with Crippen molar-refractivity contribution >= 4 is 60.9 Å². The summed E-state index contributed by atoms with van der Waals surface area (Å²) in [5.74, 6) is -0.616. The van der Waals surface area contributed by atoms with Crippen molar-refractivity contribution in [3.8, 4) is 17.0 Å². The zero-order chi connectivity index (χ0) is 31.6. The van der Waals surface area contributed by atoms with E-state index in [1.807, 2.05) is 42.5 Å². The van der Waals surface area contributed by atoms with E-state index >= 15 is 0 Å². The number of hydrogen-bond donors (Lipinski definition) is 1. The first-order valence-corrected chi connectivity index (χ1v) is 16.3. The number of pyridine rings is 1. The smallest absolute Gasteiger partial charge is 0.339 e. The fourth-order valence-corrected chi connectivity index (χ4v) is 7.12. The lowest BCUT2D eigenvalue weighted by molar-refractivity contribution is -0.119. The van der Waals surface area contributed by atoms with Crippen molar-refractivity contribution in [1.82, 2.24) is 9.29 Å². The van der Waals surface area contributed by atoms with Gasteiger partial charge in [0.25, 0.3) is 5.91 Å². The van der Waals surface area contributed by atoms with Crippen LogP contribution in [0.3, 0.4) is 0 Å². The molecule has 6 rings (SSSR count). The molecule has 1 aromatic heterocycles. The van der Waals surface area contributed by atoms with Crippen LogP contribution in [0.1, 0.15) is 29.6 Å². The van der Waals surface area contributed by atoms with Crippen molar-refractivity contribution < 1.29 is 27.5 Å². The Morgan fingerprint density at radius 2 is 1.67 bits per heavy atom.